The maximum absolute atomic E-state index is 11.4. The van der Waals surface area contributed by atoms with Crippen molar-refractivity contribution in [1.82, 2.24) is 15.1 Å². The van der Waals surface area contributed by atoms with E-state index in [4.69, 9.17) is 4.74 Å². The van der Waals surface area contributed by atoms with Gasteiger partial charge in [-0.1, -0.05) is 0 Å². The Labute approximate surface area is 107 Å². The van der Waals surface area contributed by atoms with Gasteiger partial charge in [0.1, 0.15) is 0 Å². The van der Waals surface area contributed by atoms with E-state index in [-0.39, 0.29) is 18.3 Å². The second-order valence-corrected chi connectivity index (χ2v) is 3.36. The minimum atomic E-state index is -0.0358. The molecule has 0 atom stereocenters. The molecule has 98 valence electrons. The van der Waals surface area contributed by atoms with E-state index in [1.165, 1.54) is 0 Å². The van der Waals surface area contributed by atoms with Crippen LogP contribution in [-0.4, -0.2) is 43.0 Å². The number of nitrogens with one attached hydrogen (secondary N) is 2. The lowest BCUT2D eigenvalue weighted by Crippen LogP contribution is -2.19. The number of nitrogens with zero attached hydrogens (tertiary/aromatic N) is 2. The maximum Gasteiger partial charge on any atom is 0.226 e. The summed E-state index contributed by atoms with van der Waals surface area (Å²) in [6, 6.07) is 1.77. The summed E-state index contributed by atoms with van der Waals surface area (Å²) in [5.74, 6) is 0.545. The number of halogens is 1. The van der Waals surface area contributed by atoms with Crippen molar-refractivity contribution in [1.29, 1.82) is 0 Å². The van der Waals surface area contributed by atoms with Crippen molar-refractivity contribution in [2.45, 2.75) is 13.0 Å². The van der Waals surface area contributed by atoms with Gasteiger partial charge in [-0.25, -0.2) is 0 Å². The summed E-state index contributed by atoms with van der Waals surface area (Å²) < 4.78 is 6.67. The van der Waals surface area contributed by atoms with Crippen LogP contribution in [0.15, 0.2) is 12.3 Å². The highest BCUT2D eigenvalue weighted by Gasteiger charge is 2.03. The van der Waals surface area contributed by atoms with Crippen LogP contribution in [-0.2, 0) is 16.1 Å². The standard InChI is InChI=1S/C10H18N4O2.ClH/c1-11-5-3-10(15)12-9-4-6-14(13-9)7-8-16-2;/h4,6,11H,3,5,7-8H2,1-2H3,(H,12,13,15);1H. The molecule has 0 spiro atoms. The van der Waals surface area contributed by atoms with Crippen molar-refractivity contribution in [2.24, 2.45) is 0 Å². The van der Waals surface area contributed by atoms with Crippen molar-refractivity contribution in [3.63, 3.8) is 0 Å². The molecule has 1 amide bonds. The van der Waals surface area contributed by atoms with Gasteiger partial charge in [0.15, 0.2) is 5.82 Å². The number of aromatic nitrogens is 2. The number of carbonyl (C=O) groups is 1. The van der Waals surface area contributed by atoms with E-state index in [0.29, 0.717) is 31.9 Å². The number of anilines is 1. The molecule has 1 rings (SSSR count). The molecule has 0 unspecified atom stereocenters. The zero-order valence-electron chi connectivity index (χ0n) is 10.1. The predicted molar refractivity (Wildman–Crippen MR) is 68.5 cm³/mol. The van der Waals surface area contributed by atoms with Crippen LogP contribution in [0, 0.1) is 0 Å². The molecular formula is C10H19ClN4O2. The molecule has 0 aliphatic heterocycles. The van der Waals surface area contributed by atoms with E-state index in [9.17, 15) is 4.79 Å². The zero-order valence-corrected chi connectivity index (χ0v) is 10.9. The van der Waals surface area contributed by atoms with Crippen LogP contribution in [0.2, 0.25) is 0 Å². The molecule has 0 saturated carbocycles. The van der Waals surface area contributed by atoms with Crippen LogP contribution >= 0.6 is 12.4 Å². The van der Waals surface area contributed by atoms with Crippen LogP contribution in [0.25, 0.3) is 0 Å². The third kappa shape index (κ3) is 6.25. The lowest BCUT2D eigenvalue weighted by molar-refractivity contribution is -0.116. The first-order valence-corrected chi connectivity index (χ1v) is 5.23. The van der Waals surface area contributed by atoms with Crippen LogP contribution in [0.4, 0.5) is 5.82 Å². The van der Waals surface area contributed by atoms with E-state index in [1.54, 1.807) is 17.9 Å². The Morgan fingerprint density at radius 3 is 3.00 bits per heavy atom. The molecule has 1 heterocycles. The molecule has 1 aromatic rings. The van der Waals surface area contributed by atoms with Gasteiger partial charge in [-0.3, -0.25) is 9.48 Å². The van der Waals surface area contributed by atoms with Crippen molar-refractivity contribution in [3.8, 4) is 0 Å². The van der Waals surface area contributed by atoms with Gasteiger partial charge in [0.05, 0.1) is 13.2 Å². The first-order chi connectivity index (χ1) is 7.76. The minimum absolute atomic E-state index is 0. The van der Waals surface area contributed by atoms with E-state index < -0.39 is 0 Å². The molecule has 0 fully saturated rings. The second kappa shape index (κ2) is 8.98. The molecule has 6 nitrogen and oxygen atoms in total. The summed E-state index contributed by atoms with van der Waals surface area (Å²) in [6.07, 6.45) is 2.26. The van der Waals surface area contributed by atoms with Crippen LogP contribution in [0.5, 0.6) is 0 Å². The predicted octanol–water partition coefficient (Wildman–Crippen LogP) is 0.499. The lowest BCUT2D eigenvalue weighted by Gasteiger charge is -2.01. The van der Waals surface area contributed by atoms with Gasteiger partial charge in [0.25, 0.3) is 0 Å². The smallest absolute Gasteiger partial charge is 0.226 e. The number of amides is 1. The molecule has 0 aliphatic carbocycles. The molecule has 0 bridgehead atoms. The largest absolute Gasteiger partial charge is 0.383 e. The van der Waals surface area contributed by atoms with Gasteiger partial charge in [-0.15, -0.1) is 12.4 Å². The molecule has 2 N–H and O–H groups in total. The van der Waals surface area contributed by atoms with Crippen molar-refractivity contribution in [3.05, 3.63) is 12.3 Å². The summed E-state index contributed by atoms with van der Waals surface area (Å²) in [4.78, 5) is 11.4. The third-order valence-electron chi connectivity index (χ3n) is 2.03. The Morgan fingerprint density at radius 1 is 1.59 bits per heavy atom. The number of carbonyl (C=O) groups excluding carboxylic acids is 1. The number of rotatable bonds is 7. The monoisotopic (exact) mass is 262 g/mol. The van der Waals surface area contributed by atoms with Crippen molar-refractivity contribution >= 4 is 24.1 Å². The van der Waals surface area contributed by atoms with E-state index in [0.717, 1.165) is 0 Å². The Balaban J connectivity index is 0.00000256. The molecule has 1 aromatic heterocycles. The van der Waals surface area contributed by atoms with Crippen LogP contribution in [0.1, 0.15) is 6.42 Å². The zero-order chi connectivity index (χ0) is 11.8. The molecular weight excluding hydrogens is 244 g/mol. The second-order valence-electron chi connectivity index (χ2n) is 3.36. The fourth-order valence-electron chi connectivity index (χ4n) is 1.18. The van der Waals surface area contributed by atoms with Crippen LogP contribution < -0.4 is 10.6 Å². The molecule has 0 saturated heterocycles. The highest BCUT2D eigenvalue weighted by atomic mass is 35.5. The normalized spacial score (nSPS) is 9.76. The summed E-state index contributed by atoms with van der Waals surface area (Å²) in [7, 11) is 3.46. The average Bonchev–Trinajstić information content (AvgIpc) is 2.71. The van der Waals surface area contributed by atoms with Gasteiger partial charge in [-0.2, -0.15) is 5.10 Å². The quantitative estimate of drug-likeness (QED) is 0.751. The SMILES string of the molecule is CNCCC(=O)Nc1ccn(CCOC)n1.Cl. The van der Waals surface area contributed by atoms with Crippen LogP contribution in [0.3, 0.4) is 0 Å². The Kier molecular flexibility index (Phi) is 8.39. The van der Waals surface area contributed by atoms with Crippen molar-refractivity contribution < 1.29 is 9.53 Å². The highest BCUT2D eigenvalue weighted by Crippen LogP contribution is 2.02. The number of methoxy groups -OCH3 is 1. The number of ether oxygens (including phenoxy) is 1. The first-order valence-electron chi connectivity index (χ1n) is 5.23. The molecule has 0 aromatic carbocycles. The topological polar surface area (TPSA) is 68.2 Å². The first kappa shape index (κ1) is 15.9. The van der Waals surface area contributed by atoms with Crippen molar-refractivity contribution in [2.75, 3.05) is 32.6 Å². The molecule has 0 radical (unpaired) electrons. The van der Waals surface area contributed by atoms with Gasteiger partial charge in [0.2, 0.25) is 5.91 Å². The fourth-order valence-corrected chi connectivity index (χ4v) is 1.18. The number of hydrogen-bond acceptors (Lipinski definition) is 4. The Morgan fingerprint density at radius 2 is 2.35 bits per heavy atom. The number of hydrogen-bond donors (Lipinski definition) is 2. The van der Waals surface area contributed by atoms with Gasteiger partial charge in [-0.05, 0) is 7.05 Å². The summed E-state index contributed by atoms with van der Waals surface area (Å²) in [5.41, 5.74) is 0. The lowest BCUT2D eigenvalue weighted by atomic mass is 10.4. The molecule has 17 heavy (non-hydrogen) atoms. The fraction of sp³-hybridized carbons (Fsp3) is 0.600. The van der Waals surface area contributed by atoms with E-state index >= 15 is 0 Å². The summed E-state index contributed by atoms with van der Waals surface area (Å²) >= 11 is 0. The van der Waals surface area contributed by atoms with E-state index in [1.807, 2.05) is 13.2 Å². The average molecular weight is 263 g/mol. The Hall–Kier alpha value is -1.11. The van der Waals surface area contributed by atoms with Gasteiger partial charge in [0, 0.05) is 32.3 Å². The highest BCUT2D eigenvalue weighted by molar-refractivity contribution is 5.89. The summed E-state index contributed by atoms with van der Waals surface area (Å²) in [6.45, 7) is 1.95. The third-order valence-corrected chi connectivity index (χ3v) is 2.03. The molecule has 7 heteroatoms. The minimum Gasteiger partial charge on any atom is -0.383 e. The van der Waals surface area contributed by atoms with Gasteiger partial charge >= 0.3 is 0 Å². The molecule has 0 aliphatic rings. The maximum atomic E-state index is 11.4. The summed E-state index contributed by atoms with van der Waals surface area (Å²) in [5, 5.41) is 9.82. The van der Waals surface area contributed by atoms with E-state index in [2.05, 4.69) is 15.7 Å². The Bertz CT molecular complexity index is 330. The van der Waals surface area contributed by atoms with Gasteiger partial charge < -0.3 is 15.4 Å².